The van der Waals surface area contributed by atoms with Crippen LogP contribution in [0.25, 0.3) is 21.8 Å². The van der Waals surface area contributed by atoms with Crippen LogP contribution in [0.5, 0.6) is 0 Å². The molecule has 2 amide bonds. The Bertz CT molecular complexity index is 891. The van der Waals surface area contributed by atoms with Gasteiger partial charge in [-0.2, -0.15) is 0 Å². The van der Waals surface area contributed by atoms with Crippen molar-refractivity contribution in [3.05, 3.63) is 42.5 Å². The highest BCUT2D eigenvalue weighted by atomic mass is 16.2. The number of carbonyl (C=O) groups is 2. The Labute approximate surface area is 152 Å². The third kappa shape index (κ3) is 4.17. The first-order chi connectivity index (χ1) is 12.6. The highest BCUT2D eigenvalue weighted by Gasteiger charge is 2.06. The fraction of sp³-hybridized carbons (Fsp3) is 0.286. The van der Waals surface area contributed by atoms with Crippen LogP contribution in [0.2, 0.25) is 0 Å². The first-order valence-corrected chi connectivity index (χ1v) is 9.03. The van der Waals surface area contributed by atoms with Gasteiger partial charge < -0.3 is 10.6 Å². The van der Waals surface area contributed by atoms with Crippen molar-refractivity contribution in [3.8, 4) is 0 Å². The van der Waals surface area contributed by atoms with Crippen molar-refractivity contribution >= 4 is 45.0 Å². The average molecular weight is 349 g/mol. The monoisotopic (exact) mass is 349 g/mol. The van der Waals surface area contributed by atoms with Crippen LogP contribution < -0.4 is 10.6 Å². The second-order valence-corrected chi connectivity index (χ2v) is 6.40. The van der Waals surface area contributed by atoms with Gasteiger partial charge in [-0.25, -0.2) is 4.98 Å². The summed E-state index contributed by atoms with van der Waals surface area (Å²) < 4.78 is 0. The van der Waals surface area contributed by atoms with Crippen LogP contribution in [0.1, 0.15) is 39.5 Å². The van der Waals surface area contributed by atoms with E-state index in [0.717, 1.165) is 46.0 Å². The second-order valence-electron chi connectivity index (χ2n) is 6.40. The molecule has 0 atom stereocenters. The Morgan fingerprint density at radius 3 is 1.65 bits per heavy atom. The number of hydrogen-bond donors (Lipinski definition) is 2. The quantitative estimate of drug-likeness (QED) is 0.624. The van der Waals surface area contributed by atoms with Crippen LogP contribution in [-0.2, 0) is 9.59 Å². The number of fused-ring (bicyclic) bond motifs is 2. The lowest BCUT2D eigenvalue weighted by Gasteiger charge is -2.08. The van der Waals surface area contributed by atoms with Crippen LogP contribution in [-0.4, -0.2) is 16.8 Å². The fourth-order valence-electron chi connectivity index (χ4n) is 2.88. The fourth-order valence-corrected chi connectivity index (χ4v) is 2.88. The molecule has 3 aromatic rings. The zero-order valence-corrected chi connectivity index (χ0v) is 15.1. The Morgan fingerprint density at radius 2 is 1.23 bits per heavy atom. The van der Waals surface area contributed by atoms with Crippen molar-refractivity contribution < 1.29 is 9.59 Å². The molecular weight excluding hydrogens is 326 g/mol. The summed E-state index contributed by atoms with van der Waals surface area (Å²) in [7, 11) is 0. The molecule has 0 radical (unpaired) electrons. The molecule has 2 aromatic carbocycles. The molecule has 5 nitrogen and oxygen atoms in total. The molecule has 0 fully saturated rings. The summed E-state index contributed by atoms with van der Waals surface area (Å²) in [5.74, 6) is 0.0159. The molecular formula is C21H23N3O2. The standard InChI is InChI=1S/C21H23N3O2/c1-3-5-20(25)22-16-9-7-14-11-15-8-10-17(23-21(26)6-4-2)13-19(15)24-18(14)12-16/h7-13H,3-6H2,1-2H3,(H,22,25)(H,23,26). The topological polar surface area (TPSA) is 71.1 Å². The summed E-state index contributed by atoms with van der Waals surface area (Å²) >= 11 is 0. The van der Waals surface area contributed by atoms with Gasteiger partial charge in [0.1, 0.15) is 0 Å². The second kappa shape index (κ2) is 7.95. The van der Waals surface area contributed by atoms with Gasteiger partial charge in [0, 0.05) is 35.0 Å². The van der Waals surface area contributed by atoms with E-state index >= 15 is 0 Å². The first-order valence-electron chi connectivity index (χ1n) is 9.03. The largest absolute Gasteiger partial charge is 0.326 e. The van der Waals surface area contributed by atoms with Crippen molar-refractivity contribution in [1.29, 1.82) is 0 Å². The van der Waals surface area contributed by atoms with Gasteiger partial charge in [0.15, 0.2) is 0 Å². The van der Waals surface area contributed by atoms with E-state index in [9.17, 15) is 9.59 Å². The van der Waals surface area contributed by atoms with Gasteiger partial charge in [0.25, 0.3) is 0 Å². The third-order valence-electron chi connectivity index (χ3n) is 4.13. The lowest BCUT2D eigenvalue weighted by Crippen LogP contribution is -2.10. The van der Waals surface area contributed by atoms with Gasteiger partial charge in [-0.3, -0.25) is 9.59 Å². The lowest BCUT2D eigenvalue weighted by atomic mass is 10.1. The molecule has 0 aliphatic carbocycles. The van der Waals surface area contributed by atoms with Crippen molar-refractivity contribution in [3.63, 3.8) is 0 Å². The number of aromatic nitrogens is 1. The van der Waals surface area contributed by atoms with Crippen LogP contribution in [0.4, 0.5) is 11.4 Å². The molecule has 3 rings (SSSR count). The number of nitrogens with zero attached hydrogens (tertiary/aromatic N) is 1. The van der Waals surface area contributed by atoms with Crippen molar-refractivity contribution in [1.82, 2.24) is 4.98 Å². The minimum absolute atomic E-state index is 0.00793. The molecule has 134 valence electrons. The predicted molar refractivity (Wildman–Crippen MR) is 106 cm³/mol. The van der Waals surface area contributed by atoms with Gasteiger partial charge in [-0.1, -0.05) is 26.0 Å². The molecule has 0 aliphatic heterocycles. The zero-order chi connectivity index (χ0) is 18.5. The SMILES string of the molecule is CCCC(=O)Nc1ccc2cc3ccc(NC(=O)CCC)cc3nc2c1. The number of pyridine rings is 1. The van der Waals surface area contributed by atoms with E-state index in [2.05, 4.69) is 16.7 Å². The Morgan fingerprint density at radius 1 is 0.769 bits per heavy atom. The van der Waals surface area contributed by atoms with Crippen LogP contribution in [0, 0.1) is 0 Å². The molecule has 0 saturated heterocycles. The first kappa shape index (κ1) is 17.9. The lowest BCUT2D eigenvalue weighted by molar-refractivity contribution is -0.117. The number of nitrogens with one attached hydrogen (secondary N) is 2. The molecule has 0 unspecified atom stereocenters. The maximum Gasteiger partial charge on any atom is 0.224 e. The summed E-state index contributed by atoms with van der Waals surface area (Å²) in [5.41, 5.74) is 3.11. The number of benzene rings is 2. The summed E-state index contributed by atoms with van der Waals surface area (Å²) in [4.78, 5) is 28.3. The van der Waals surface area contributed by atoms with Crippen molar-refractivity contribution in [2.45, 2.75) is 39.5 Å². The Balaban J connectivity index is 1.92. The minimum atomic E-state index is 0.00793. The van der Waals surface area contributed by atoms with Gasteiger partial charge in [-0.15, -0.1) is 0 Å². The molecule has 0 aliphatic rings. The maximum absolute atomic E-state index is 11.8. The molecule has 1 heterocycles. The number of carbonyl (C=O) groups excluding carboxylic acids is 2. The summed E-state index contributed by atoms with van der Waals surface area (Å²) in [6.07, 6.45) is 2.64. The maximum atomic E-state index is 11.8. The van der Waals surface area contributed by atoms with Crippen LogP contribution in [0.15, 0.2) is 42.5 Å². The van der Waals surface area contributed by atoms with E-state index in [1.54, 1.807) is 0 Å². The molecule has 2 N–H and O–H groups in total. The van der Waals surface area contributed by atoms with Gasteiger partial charge in [-0.05, 0) is 43.2 Å². The number of hydrogen-bond acceptors (Lipinski definition) is 3. The summed E-state index contributed by atoms with van der Waals surface area (Å²) in [5, 5.41) is 7.81. The van der Waals surface area contributed by atoms with Crippen LogP contribution in [0.3, 0.4) is 0 Å². The molecule has 0 spiro atoms. The zero-order valence-electron chi connectivity index (χ0n) is 15.1. The minimum Gasteiger partial charge on any atom is -0.326 e. The van der Waals surface area contributed by atoms with Gasteiger partial charge in [0.2, 0.25) is 11.8 Å². The Hall–Kier alpha value is -2.95. The smallest absolute Gasteiger partial charge is 0.224 e. The van der Waals surface area contributed by atoms with Crippen molar-refractivity contribution in [2.24, 2.45) is 0 Å². The molecule has 26 heavy (non-hydrogen) atoms. The number of rotatable bonds is 6. The van der Waals surface area contributed by atoms with E-state index in [0.29, 0.717) is 12.8 Å². The number of anilines is 2. The molecule has 0 bridgehead atoms. The van der Waals surface area contributed by atoms with Crippen molar-refractivity contribution in [2.75, 3.05) is 10.6 Å². The number of amides is 2. The van der Waals surface area contributed by atoms with Crippen LogP contribution >= 0.6 is 0 Å². The highest BCUT2D eigenvalue weighted by molar-refractivity contribution is 5.99. The van der Waals surface area contributed by atoms with E-state index in [4.69, 9.17) is 4.98 Å². The van der Waals surface area contributed by atoms with E-state index in [1.807, 2.05) is 50.2 Å². The Kier molecular flexibility index (Phi) is 5.46. The van der Waals surface area contributed by atoms with E-state index in [-0.39, 0.29) is 11.8 Å². The summed E-state index contributed by atoms with van der Waals surface area (Å²) in [6.45, 7) is 3.95. The van der Waals surface area contributed by atoms with E-state index < -0.39 is 0 Å². The molecule has 0 saturated carbocycles. The van der Waals surface area contributed by atoms with E-state index in [1.165, 1.54) is 0 Å². The molecule has 1 aromatic heterocycles. The normalized spacial score (nSPS) is 10.8. The highest BCUT2D eigenvalue weighted by Crippen LogP contribution is 2.25. The predicted octanol–water partition coefficient (Wildman–Crippen LogP) is 4.87. The van der Waals surface area contributed by atoms with Gasteiger partial charge >= 0.3 is 0 Å². The average Bonchev–Trinajstić information content (AvgIpc) is 2.60. The summed E-state index contributed by atoms with van der Waals surface area (Å²) in [6, 6.07) is 13.5. The molecule has 5 heteroatoms. The van der Waals surface area contributed by atoms with Gasteiger partial charge in [0.05, 0.1) is 11.0 Å². The third-order valence-corrected chi connectivity index (χ3v) is 4.13.